The molecule has 3 rings (SSSR count). The number of aromatic nitrogens is 3. The first-order valence-electron chi connectivity index (χ1n) is 6.98. The van der Waals surface area contributed by atoms with Gasteiger partial charge in [-0.1, -0.05) is 35.0 Å². The summed E-state index contributed by atoms with van der Waals surface area (Å²) < 4.78 is 1.75. The van der Waals surface area contributed by atoms with Crippen LogP contribution in [-0.4, -0.2) is 20.1 Å². The van der Waals surface area contributed by atoms with Gasteiger partial charge in [-0.3, -0.25) is 0 Å². The van der Waals surface area contributed by atoms with E-state index in [1.807, 2.05) is 50.2 Å². The molecule has 5 heteroatoms. The highest BCUT2D eigenvalue weighted by molar-refractivity contribution is 6.30. The van der Waals surface area contributed by atoms with E-state index in [4.69, 9.17) is 11.6 Å². The summed E-state index contributed by atoms with van der Waals surface area (Å²) in [6.07, 6.45) is 0. The van der Waals surface area contributed by atoms with Crippen LogP contribution in [-0.2, 0) is 6.61 Å². The highest BCUT2D eigenvalue weighted by Crippen LogP contribution is 2.28. The molecule has 0 aliphatic heterocycles. The van der Waals surface area contributed by atoms with Crippen LogP contribution in [0.5, 0.6) is 0 Å². The molecule has 0 aliphatic rings. The number of aryl methyl sites for hydroxylation is 2. The summed E-state index contributed by atoms with van der Waals surface area (Å²) in [5.41, 5.74) is 5.37. The first kappa shape index (κ1) is 14.8. The van der Waals surface area contributed by atoms with Gasteiger partial charge in [0.2, 0.25) is 0 Å². The lowest BCUT2D eigenvalue weighted by Crippen LogP contribution is -2.01. The standard InChI is InChI=1S/C17H16ClN3O/c1-11-6-12(2)8-15(7-11)21-17(16(10-22)19-20-21)13-4-3-5-14(18)9-13/h3-9,22H,10H2,1-2H3. The van der Waals surface area contributed by atoms with Crippen LogP contribution in [0.3, 0.4) is 0 Å². The van der Waals surface area contributed by atoms with Crippen molar-refractivity contribution in [1.82, 2.24) is 15.0 Å². The smallest absolute Gasteiger partial charge is 0.117 e. The van der Waals surface area contributed by atoms with Crippen molar-refractivity contribution in [2.45, 2.75) is 20.5 Å². The molecule has 1 heterocycles. The van der Waals surface area contributed by atoms with Crippen LogP contribution in [0.25, 0.3) is 16.9 Å². The summed E-state index contributed by atoms with van der Waals surface area (Å²) in [5.74, 6) is 0. The molecule has 3 aromatic rings. The highest BCUT2D eigenvalue weighted by Gasteiger charge is 2.16. The molecule has 0 spiro atoms. The van der Waals surface area contributed by atoms with Gasteiger partial charge in [-0.25, -0.2) is 4.68 Å². The van der Waals surface area contributed by atoms with Gasteiger partial charge in [0, 0.05) is 10.6 Å². The second-order valence-corrected chi connectivity index (χ2v) is 5.75. The van der Waals surface area contributed by atoms with E-state index >= 15 is 0 Å². The Hall–Kier alpha value is -2.17. The van der Waals surface area contributed by atoms with Crippen LogP contribution < -0.4 is 0 Å². The summed E-state index contributed by atoms with van der Waals surface area (Å²) in [5, 5.41) is 18.5. The molecule has 0 unspecified atom stereocenters. The lowest BCUT2D eigenvalue weighted by Gasteiger charge is -2.10. The molecule has 0 saturated carbocycles. The molecule has 0 aliphatic carbocycles. The monoisotopic (exact) mass is 313 g/mol. The maximum atomic E-state index is 9.57. The first-order chi connectivity index (χ1) is 10.6. The predicted molar refractivity (Wildman–Crippen MR) is 87.2 cm³/mol. The number of rotatable bonds is 3. The largest absolute Gasteiger partial charge is 0.390 e. The summed E-state index contributed by atoms with van der Waals surface area (Å²) in [7, 11) is 0. The molecule has 0 saturated heterocycles. The van der Waals surface area contributed by atoms with Gasteiger partial charge in [0.05, 0.1) is 12.3 Å². The van der Waals surface area contributed by atoms with Crippen molar-refractivity contribution in [2.75, 3.05) is 0 Å². The van der Waals surface area contributed by atoms with E-state index in [0.29, 0.717) is 10.7 Å². The Morgan fingerprint density at radius 3 is 2.45 bits per heavy atom. The van der Waals surface area contributed by atoms with Crippen molar-refractivity contribution in [3.8, 4) is 16.9 Å². The highest BCUT2D eigenvalue weighted by atomic mass is 35.5. The molecule has 1 aromatic heterocycles. The van der Waals surface area contributed by atoms with Crippen molar-refractivity contribution < 1.29 is 5.11 Å². The fraction of sp³-hybridized carbons (Fsp3) is 0.176. The van der Waals surface area contributed by atoms with Gasteiger partial charge in [0.25, 0.3) is 0 Å². The van der Waals surface area contributed by atoms with E-state index in [2.05, 4.69) is 16.4 Å². The van der Waals surface area contributed by atoms with Gasteiger partial charge in [0.1, 0.15) is 11.4 Å². The maximum Gasteiger partial charge on any atom is 0.117 e. The van der Waals surface area contributed by atoms with E-state index in [1.54, 1.807) is 4.68 Å². The Morgan fingerprint density at radius 1 is 1.09 bits per heavy atom. The van der Waals surface area contributed by atoms with E-state index in [0.717, 1.165) is 28.1 Å². The number of halogens is 1. The number of nitrogens with zero attached hydrogens (tertiary/aromatic N) is 3. The number of hydrogen-bond acceptors (Lipinski definition) is 3. The summed E-state index contributed by atoms with van der Waals surface area (Å²) in [4.78, 5) is 0. The summed E-state index contributed by atoms with van der Waals surface area (Å²) in [6, 6.07) is 13.6. The van der Waals surface area contributed by atoms with Crippen LogP contribution in [0.15, 0.2) is 42.5 Å². The number of aliphatic hydroxyl groups is 1. The first-order valence-corrected chi connectivity index (χ1v) is 7.36. The van der Waals surface area contributed by atoms with Gasteiger partial charge in [-0.05, 0) is 49.2 Å². The van der Waals surface area contributed by atoms with Gasteiger partial charge >= 0.3 is 0 Å². The second-order valence-electron chi connectivity index (χ2n) is 5.31. The zero-order valence-electron chi connectivity index (χ0n) is 12.4. The summed E-state index contributed by atoms with van der Waals surface area (Å²) in [6.45, 7) is 3.91. The van der Waals surface area contributed by atoms with E-state index in [-0.39, 0.29) is 6.61 Å². The molecule has 1 N–H and O–H groups in total. The Labute approximate surface area is 134 Å². The van der Waals surface area contributed by atoms with Gasteiger partial charge < -0.3 is 5.11 Å². The molecule has 0 radical (unpaired) electrons. The van der Waals surface area contributed by atoms with Gasteiger partial charge in [-0.15, -0.1) is 5.10 Å². The number of hydrogen-bond donors (Lipinski definition) is 1. The molecule has 2 aromatic carbocycles. The molecule has 4 nitrogen and oxygen atoms in total. The molecule has 0 amide bonds. The Kier molecular flexibility index (Phi) is 3.96. The molecule has 0 atom stereocenters. The van der Waals surface area contributed by atoms with E-state index < -0.39 is 0 Å². The molecular weight excluding hydrogens is 298 g/mol. The fourth-order valence-electron chi connectivity index (χ4n) is 2.60. The molecule has 0 fully saturated rings. The van der Waals surface area contributed by atoms with Gasteiger partial charge in [0.15, 0.2) is 0 Å². The normalized spacial score (nSPS) is 10.9. The minimum atomic E-state index is -0.174. The minimum absolute atomic E-state index is 0.174. The van der Waals surface area contributed by atoms with Crippen molar-refractivity contribution in [2.24, 2.45) is 0 Å². The molecular formula is C17H16ClN3O. The Morgan fingerprint density at radius 2 is 1.82 bits per heavy atom. The predicted octanol–water partition coefficient (Wildman–Crippen LogP) is 3.70. The number of benzene rings is 2. The Bertz CT molecular complexity index is 806. The maximum absolute atomic E-state index is 9.57. The third kappa shape index (κ3) is 2.75. The number of aliphatic hydroxyl groups excluding tert-OH is 1. The zero-order valence-corrected chi connectivity index (χ0v) is 13.2. The van der Waals surface area contributed by atoms with Crippen LogP contribution >= 0.6 is 11.6 Å². The van der Waals surface area contributed by atoms with Gasteiger partial charge in [-0.2, -0.15) is 0 Å². The minimum Gasteiger partial charge on any atom is -0.390 e. The van der Waals surface area contributed by atoms with E-state index in [9.17, 15) is 5.11 Å². The lowest BCUT2D eigenvalue weighted by atomic mass is 10.1. The van der Waals surface area contributed by atoms with Crippen LogP contribution in [0.2, 0.25) is 5.02 Å². The van der Waals surface area contributed by atoms with Crippen molar-refractivity contribution in [1.29, 1.82) is 0 Å². The third-order valence-corrected chi connectivity index (χ3v) is 3.67. The Balaban J connectivity index is 2.23. The topological polar surface area (TPSA) is 50.9 Å². The molecule has 0 bridgehead atoms. The average molecular weight is 314 g/mol. The van der Waals surface area contributed by atoms with Crippen molar-refractivity contribution in [3.05, 3.63) is 64.3 Å². The van der Waals surface area contributed by atoms with E-state index in [1.165, 1.54) is 0 Å². The SMILES string of the molecule is Cc1cc(C)cc(-n2nnc(CO)c2-c2cccc(Cl)c2)c1. The zero-order chi connectivity index (χ0) is 15.7. The molecule has 22 heavy (non-hydrogen) atoms. The second kappa shape index (κ2) is 5.91. The van der Waals surface area contributed by atoms with Crippen molar-refractivity contribution in [3.63, 3.8) is 0 Å². The third-order valence-electron chi connectivity index (χ3n) is 3.44. The van der Waals surface area contributed by atoms with Crippen LogP contribution in [0.1, 0.15) is 16.8 Å². The van der Waals surface area contributed by atoms with Crippen LogP contribution in [0.4, 0.5) is 0 Å². The summed E-state index contributed by atoms with van der Waals surface area (Å²) >= 11 is 6.09. The fourth-order valence-corrected chi connectivity index (χ4v) is 2.79. The van der Waals surface area contributed by atoms with Crippen molar-refractivity contribution >= 4 is 11.6 Å². The average Bonchev–Trinajstić information content (AvgIpc) is 2.90. The quantitative estimate of drug-likeness (QED) is 0.802. The van der Waals surface area contributed by atoms with Crippen LogP contribution in [0, 0.1) is 13.8 Å². The lowest BCUT2D eigenvalue weighted by molar-refractivity contribution is 0.277. The molecule has 112 valence electrons.